The van der Waals surface area contributed by atoms with E-state index in [0.717, 1.165) is 10.4 Å². The van der Waals surface area contributed by atoms with Gasteiger partial charge in [0.05, 0.1) is 0 Å². The fourth-order valence-electron chi connectivity index (χ4n) is 1.25. The minimum atomic E-state index is -4.01. The van der Waals surface area contributed by atoms with Gasteiger partial charge in [-0.15, -0.1) is 0 Å². The Morgan fingerprint density at radius 2 is 2.16 bits per heavy atom. The summed E-state index contributed by atoms with van der Waals surface area (Å²) in [6.07, 6.45) is 0. The van der Waals surface area contributed by atoms with E-state index >= 15 is 0 Å². The maximum absolute atomic E-state index is 13.5. The number of nitrogens with one attached hydrogen (secondary N) is 1. The fourth-order valence-corrected chi connectivity index (χ4v) is 2.30. The summed E-state index contributed by atoms with van der Waals surface area (Å²) in [5.41, 5.74) is 0.0207. The Bertz CT molecular complexity index is 559. The van der Waals surface area contributed by atoms with E-state index in [1.807, 2.05) is 4.72 Å². The highest BCUT2D eigenvalue weighted by Gasteiger charge is 2.21. The van der Waals surface area contributed by atoms with Gasteiger partial charge < -0.3 is 5.11 Å². The lowest BCUT2D eigenvalue weighted by molar-refractivity contribution is -0.135. The molecule has 0 bridgehead atoms. The van der Waals surface area contributed by atoms with Crippen molar-refractivity contribution in [3.63, 3.8) is 0 Å². The third kappa shape index (κ3) is 4.43. The maximum Gasteiger partial charge on any atom is 0.318 e. The van der Waals surface area contributed by atoms with Gasteiger partial charge in [-0.2, -0.15) is 17.4 Å². The van der Waals surface area contributed by atoms with Crippen molar-refractivity contribution in [3.8, 4) is 0 Å². The number of benzene rings is 1. The van der Waals surface area contributed by atoms with E-state index in [9.17, 15) is 17.6 Å². The molecule has 0 aliphatic carbocycles. The molecule has 0 fully saturated rings. The minimum absolute atomic E-state index is 0.0207. The third-order valence-electron chi connectivity index (χ3n) is 2.26. The highest BCUT2D eigenvalue weighted by Crippen LogP contribution is 2.20. The first-order valence-electron chi connectivity index (χ1n) is 5.09. The van der Waals surface area contributed by atoms with Gasteiger partial charge in [-0.25, -0.2) is 4.39 Å². The highest BCUT2D eigenvalue weighted by atomic mass is 35.5. The molecule has 1 aromatic rings. The molecule has 106 valence electrons. The number of carboxylic acids is 1. The lowest BCUT2D eigenvalue weighted by Crippen LogP contribution is -2.40. The molecule has 2 N–H and O–H groups in total. The van der Waals surface area contributed by atoms with Gasteiger partial charge in [0.15, 0.2) is 0 Å². The monoisotopic (exact) mass is 310 g/mol. The molecule has 19 heavy (non-hydrogen) atoms. The van der Waals surface area contributed by atoms with E-state index in [1.54, 1.807) is 0 Å². The number of hydrogen-bond donors (Lipinski definition) is 2. The van der Waals surface area contributed by atoms with Crippen LogP contribution in [0.5, 0.6) is 0 Å². The van der Waals surface area contributed by atoms with E-state index in [1.165, 1.54) is 19.2 Å². The summed E-state index contributed by atoms with van der Waals surface area (Å²) in [5.74, 6) is -1.95. The highest BCUT2D eigenvalue weighted by molar-refractivity contribution is 7.87. The summed E-state index contributed by atoms with van der Waals surface area (Å²) < 4.78 is 39.4. The Hall–Kier alpha value is -1.22. The van der Waals surface area contributed by atoms with Crippen LogP contribution in [0.15, 0.2) is 18.2 Å². The molecule has 0 aromatic heterocycles. The second kappa shape index (κ2) is 6.29. The van der Waals surface area contributed by atoms with Crippen LogP contribution >= 0.6 is 11.6 Å². The maximum atomic E-state index is 13.5. The summed E-state index contributed by atoms with van der Waals surface area (Å²) in [4.78, 5) is 10.3. The molecule has 0 aliphatic rings. The molecule has 1 aromatic carbocycles. The lowest BCUT2D eigenvalue weighted by atomic mass is 10.2. The number of nitrogens with zero attached hydrogens (tertiary/aromatic N) is 1. The Morgan fingerprint density at radius 3 is 2.68 bits per heavy atom. The Labute approximate surface area is 115 Å². The van der Waals surface area contributed by atoms with Gasteiger partial charge in [-0.1, -0.05) is 17.7 Å². The molecule has 0 unspecified atom stereocenters. The van der Waals surface area contributed by atoms with Crippen LogP contribution in [0.1, 0.15) is 5.56 Å². The molecule has 0 amide bonds. The molecule has 0 atom stereocenters. The molecule has 0 saturated carbocycles. The molecule has 0 heterocycles. The summed E-state index contributed by atoms with van der Waals surface area (Å²) in [6.45, 7) is -1.06. The Kier molecular flexibility index (Phi) is 5.24. The summed E-state index contributed by atoms with van der Waals surface area (Å²) in [6, 6.07) is 4.00. The van der Waals surface area contributed by atoms with Crippen molar-refractivity contribution in [2.45, 2.75) is 6.54 Å². The molecule has 1 rings (SSSR count). The van der Waals surface area contributed by atoms with Gasteiger partial charge in [0.25, 0.3) is 10.2 Å². The van der Waals surface area contributed by atoms with E-state index in [-0.39, 0.29) is 17.1 Å². The summed E-state index contributed by atoms with van der Waals surface area (Å²) >= 11 is 5.78. The van der Waals surface area contributed by atoms with Crippen LogP contribution in [0.25, 0.3) is 0 Å². The van der Waals surface area contributed by atoms with Crippen molar-refractivity contribution >= 4 is 27.8 Å². The number of carbonyl (C=O) groups is 1. The third-order valence-corrected chi connectivity index (χ3v) is 4.07. The largest absolute Gasteiger partial charge is 0.480 e. The molecule has 6 nitrogen and oxygen atoms in total. The fraction of sp³-hybridized carbons (Fsp3) is 0.300. The zero-order valence-electron chi connectivity index (χ0n) is 9.93. The van der Waals surface area contributed by atoms with Gasteiger partial charge in [0.1, 0.15) is 12.4 Å². The van der Waals surface area contributed by atoms with Crippen molar-refractivity contribution in [1.82, 2.24) is 9.03 Å². The zero-order chi connectivity index (χ0) is 14.6. The van der Waals surface area contributed by atoms with Crippen LogP contribution in [-0.2, 0) is 21.5 Å². The van der Waals surface area contributed by atoms with Crippen molar-refractivity contribution in [1.29, 1.82) is 0 Å². The molecule has 9 heteroatoms. The summed E-state index contributed by atoms with van der Waals surface area (Å²) in [5, 5.41) is 8.51. The van der Waals surface area contributed by atoms with Gasteiger partial charge in [-0.3, -0.25) is 4.79 Å². The predicted molar refractivity (Wildman–Crippen MR) is 67.4 cm³/mol. The average Bonchev–Trinajstić information content (AvgIpc) is 2.31. The number of rotatable bonds is 6. The standard InChI is InChI=1S/C10H12ClFN2O4S/c1-14(19(17,18)13-5-10(15)16)6-7-8(11)3-2-4-9(7)12/h2-4,13H,5-6H2,1H3,(H,15,16). The van der Waals surface area contributed by atoms with Crippen LogP contribution in [0, 0.1) is 5.82 Å². The second-order valence-electron chi connectivity index (χ2n) is 3.68. The number of halogens is 2. The number of hydrogen-bond acceptors (Lipinski definition) is 3. The lowest BCUT2D eigenvalue weighted by Gasteiger charge is -2.18. The Balaban J connectivity index is 2.84. The zero-order valence-corrected chi connectivity index (χ0v) is 11.5. The first-order valence-corrected chi connectivity index (χ1v) is 6.91. The van der Waals surface area contributed by atoms with Gasteiger partial charge in [0.2, 0.25) is 0 Å². The van der Waals surface area contributed by atoms with E-state index in [2.05, 4.69) is 0 Å². The van der Waals surface area contributed by atoms with E-state index in [0.29, 0.717) is 0 Å². The van der Waals surface area contributed by atoms with Gasteiger partial charge in [-0.05, 0) is 12.1 Å². The van der Waals surface area contributed by atoms with Crippen LogP contribution in [0.3, 0.4) is 0 Å². The first-order chi connectivity index (χ1) is 8.74. The van der Waals surface area contributed by atoms with Crippen LogP contribution < -0.4 is 4.72 Å². The van der Waals surface area contributed by atoms with Crippen molar-refractivity contribution < 1.29 is 22.7 Å². The van der Waals surface area contributed by atoms with Crippen LogP contribution in [0.2, 0.25) is 5.02 Å². The van der Waals surface area contributed by atoms with Crippen LogP contribution in [0.4, 0.5) is 4.39 Å². The normalized spacial score (nSPS) is 11.8. The van der Waals surface area contributed by atoms with Crippen molar-refractivity contribution in [3.05, 3.63) is 34.6 Å². The van der Waals surface area contributed by atoms with E-state index in [4.69, 9.17) is 16.7 Å². The molecule has 0 spiro atoms. The SMILES string of the molecule is CN(Cc1c(F)cccc1Cl)S(=O)(=O)NCC(=O)O. The minimum Gasteiger partial charge on any atom is -0.480 e. The molecule has 0 radical (unpaired) electrons. The Morgan fingerprint density at radius 1 is 1.53 bits per heavy atom. The average molecular weight is 311 g/mol. The van der Waals surface area contributed by atoms with Crippen molar-refractivity contribution in [2.75, 3.05) is 13.6 Å². The smallest absolute Gasteiger partial charge is 0.318 e. The topological polar surface area (TPSA) is 86.7 Å². The molecule has 0 saturated heterocycles. The quantitative estimate of drug-likeness (QED) is 0.815. The van der Waals surface area contributed by atoms with Gasteiger partial charge >= 0.3 is 5.97 Å². The summed E-state index contributed by atoms with van der Waals surface area (Å²) in [7, 11) is -2.82. The molecule has 0 aliphatic heterocycles. The molecular weight excluding hydrogens is 299 g/mol. The van der Waals surface area contributed by atoms with E-state index < -0.39 is 28.5 Å². The first kappa shape index (κ1) is 15.8. The van der Waals surface area contributed by atoms with Gasteiger partial charge in [0, 0.05) is 24.2 Å². The number of aliphatic carboxylic acids is 1. The predicted octanol–water partition coefficient (Wildman–Crippen LogP) is 0.830. The molecular formula is C10H12ClFN2O4S. The van der Waals surface area contributed by atoms with Crippen LogP contribution in [-0.4, -0.2) is 37.4 Å². The second-order valence-corrected chi connectivity index (χ2v) is 5.95. The number of carboxylic acid groups (broad SMARTS) is 1. The van der Waals surface area contributed by atoms with Crippen molar-refractivity contribution in [2.24, 2.45) is 0 Å².